The molecule has 0 saturated heterocycles. The first kappa shape index (κ1) is 25.2. The van der Waals surface area contributed by atoms with Crippen molar-refractivity contribution in [3.05, 3.63) is 0 Å². The first-order chi connectivity index (χ1) is 9.38. The van der Waals surface area contributed by atoms with E-state index in [4.69, 9.17) is 22.3 Å². The molecule has 0 aliphatic carbocycles. The van der Waals surface area contributed by atoms with Crippen molar-refractivity contribution in [3.63, 3.8) is 0 Å². The van der Waals surface area contributed by atoms with Crippen LogP contribution in [0.25, 0.3) is 0 Å². The van der Waals surface area contributed by atoms with Gasteiger partial charge in [-0.2, -0.15) is 0 Å². The summed E-state index contributed by atoms with van der Waals surface area (Å²) < 4.78 is 0. The lowest BCUT2D eigenvalue weighted by Gasteiger charge is -2.11. The van der Waals surface area contributed by atoms with Gasteiger partial charge in [0.2, 0.25) is 0 Å². The van der Waals surface area contributed by atoms with Gasteiger partial charge in [-0.1, -0.05) is 6.42 Å². The van der Waals surface area contributed by atoms with E-state index >= 15 is 0 Å². The van der Waals surface area contributed by atoms with Gasteiger partial charge in [0.05, 0.1) is 0 Å². The van der Waals surface area contributed by atoms with Crippen molar-refractivity contribution in [2.45, 2.75) is 44.2 Å². The third-order valence-corrected chi connectivity index (χ3v) is 2.45. The monoisotopic (exact) mass is 327 g/mol. The van der Waals surface area contributed by atoms with Gasteiger partial charge in [-0.25, -0.2) is 19.4 Å². The van der Waals surface area contributed by atoms with Crippen LogP contribution >= 0.6 is 0 Å². The van der Waals surface area contributed by atoms with Crippen LogP contribution < -0.4 is 17.2 Å². The number of carbonyl (C=O) groups is 3. The molecule has 11 heteroatoms. The van der Waals surface area contributed by atoms with Crippen molar-refractivity contribution in [2.75, 3.05) is 6.54 Å². The molecule has 0 saturated carbocycles. The molecule has 0 aromatic rings. The lowest BCUT2D eigenvalue weighted by Crippen LogP contribution is -2.37. The highest BCUT2D eigenvalue weighted by Gasteiger charge is 2.22. The second-order valence-corrected chi connectivity index (χ2v) is 4.23. The summed E-state index contributed by atoms with van der Waals surface area (Å²) >= 11 is 0. The smallest absolute Gasteiger partial charge is 0.372 e. The number of hydrogen-bond acceptors (Lipinski definition) is 8. The van der Waals surface area contributed by atoms with E-state index in [0.717, 1.165) is 6.42 Å². The first-order valence-electron chi connectivity index (χ1n) is 6.23. The highest BCUT2D eigenvalue weighted by Crippen LogP contribution is 2.02. The number of carboxylic acid groups (broad SMARTS) is 1. The van der Waals surface area contributed by atoms with Crippen molar-refractivity contribution < 1.29 is 40.2 Å². The first-order valence-corrected chi connectivity index (χ1v) is 6.23. The molecule has 0 rings (SSSR count). The van der Waals surface area contributed by atoms with Gasteiger partial charge in [0.25, 0.3) is 0 Å². The van der Waals surface area contributed by atoms with Gasteiger partial charge in [-0.05, 0) is 25.8 Å². The molecule has 22 heavy (non-hydrogen) atoms. The fraction of sp³-hybridized carbons (Fsp3) is 0.727. The lowest BCUT2D eigenvalue weighted by molar-refractivity contribution is -0.261. The highest BCUT2D eigenvalue weighted by molar-refractivity contribution is 5.79. The van der Waals surface area contributed by atoms with Gasteiger partial charge < -0.3 is 33.3 Å². The summed E-state index contributed by atoms with van der Waals surface area (Å²) in [4.78, 5) is 41.4. The molecule has 1 unspecified atom stereocenters. The minimum atomic E-state index is -1.17. The summed E-state index contributed by atoms with van der Waals surface area (Å²) in [6, 6.07) is -2.09. The Morgan fingerprint density at radius 2 is 1.36 bits per heavy atom. The molecule has 11 N–H and O–H groups in total. The van der Waals surface area contributed by atoms with Crippen LogP contribution in [0.3, 0.4) is 0 Å². The van der Waals surface area contributed by atoms with E-state index in [-0.39, 0.29) is 23.8 Å². The fourth-order valence-electron chi connectivity index (χ4n) is 1.23. The topological polar surface area (TPSA) is 231 Å². The Morgan fingerprint density at radius 3 is 1.77 bits per heavy atom. The molecule has 0 amide bonds. The largest absolute Gasteiger partial charge is 0.481 e. The Kier molecular flexibility index (Phi) is 16.2. The molecule has 0 aliphatic rings. The molecular formula is C11H25N3O8. The summed E-state index contributed by atoms with van der Waals surface area (Å²) in [5, 5.41) is 8.42. The zero-order valence-corrected chi connectivity index (χ0v) is 12.1. The van der Waals surface area contributed by atoms with Crippen molar-refractivity contribution in [3.8, 4) is 0 Å². The Labute approximate surface area is 127 Å². The van der Waals surface area contributed by atoms with Gasteiger partial charge in [-0.15, -0.1) is 0 Å². The average molecular weight is 327 g/mol. The molecule has 0 radical (unpaired) electrons. The van der Waals surface area contributed by atoms with Gasteiger partial charge in [0.1, 0.15) is 12.1 Å². The Morgan fingerprint density at radius 1 is 0.909 bits per heavy atom. The molecule has 0 heterocycles. The van der Waals surface area contributed by atoms with Crippen LogP contribution in [-0.2, 0) is 24.2 Å². The number of carboxylic acids is 1. The normalized spacial score (nSPS) is 12.1. The van der Waals surface area contributed by atoms with Crippen molar-refractivity contribution in [1.29, 1.82) is 0 Å². The summed E-state index contributed by atoms with van der Waals surface area (Å²) in [6.07, 6.45) is 1.33. The summed E-state index contributed by atoms with van der Waals surface area (Å²) in [5.74, 6) is -3.00. The SMILES string of the molecule is NCCCCC(N)C(=O)OOC(=O)[C@H](N)CCC(=O)O.O.O. The molecule has 2 atom stereocenters. The standard InChI is InChI=1S/C11H21N3O6.2H2O/c12-6-2-1-3-7(13)10(17)19-20-11(18)8(14)4-5-9(15)16;;/h7-8H,1-6,12-14H2,(H,15,16);2*1H2/t7?,8-;;/m1../s1. The molecule has 132 valence electrons. The number of nitrogens with two attached hydrogens (primary N) is 3. The summed E-state index contributed by atoms with van der Waals surface area (Å²) in [6.45, 7) is 0.495. The summed E-state index contributed by atoms with van der Waals surface area (Å²) in [5.41, 5.74) is 16.1. The number of hydrogen-bond donors (Lipinski definition) is 4. The zero-order valence-electron chi connectivity index (χ0n) is 12.1. The van der Waals surface area contributed by atoms with E-state index < -0.39 is 30.0 Å². The minimum Gasteiger partial charge on any atom is -0.481 e. The van der Waals surface area contributed by atoms with Crippen LogP contribution in [0.5, 0.6) is 0 Å². The van der Waals surface area contributed by atoms with E-state index in [9.17, 15) is 14.4 Å². The molecule has 0 bridgehead atoms. The third kappa shape index (κ3) is 12.0. The quantitative estimate of drug-likeness (QED) is 0.191. The predicted octanol–water partition coefficient (Wildman–Crippen LogP) is -3.01. The van der Waals surface area contributed by atoms with E-state index in [2.05, 4.69) is 9.78 Å². The Balaban J connectivity index is -0.00000180. The van der Waals surface area contributed by atoms with Crippen molar-refractivity contribution in [1.82, 2.24) is 0 Å². The molecule has 0 aromatic carbocycles. The zero-order chi connectivity index (χ0) is 15.5. The van der Waals surface area contributed by atoms with Crippen LogP contribution in [0.15, 0.2) is 0 Å². The fourth-order valence-corrected chi connectivity index (χ4v) is 1.23. The molecule has 0 aromatic heterocycles. The van der Waals surface area contributed by atoms with Gasteiger partial charge in [0, 0.05) is 6.42 Å². The maximum Gasteiger partial charge on any atom is 0.372 e. The van der Waals surface area contributed by atoms with Crippen LogP contribution in [0.1, 0.15) is 32.1 Å². The van der Waals surface area contributed by atoms with Crippen LogP contribution in [0.2, 0.25) is 0 Å². The van der Waals surface area contributed by atoms with Gasteiger partial charge in [0.15, 0.2) is 0 Å². The predicted molar refractivity (Wildman–Crippen MR) is 75.1 cm³/mol. The molecule has 0 fully saturated rings. The van der Waals surface area contributed by atoms with Gasteiger partial charge in [-0.3, -0.25) is 4.79 Å². The maximum atomic E-state index is 11.3. The number of aliphatic carboxylic acids is 1. The van der Waals surface area contributed by atoms with Crippen LogP contribution in [-0.4, -0.2) is 52.6 Å². The second kappa shape index (κ2) is 14.2. The average Bonchev–Trinajstić information content (AvgIpc) is 2.41. The Hall–Kier alpha value is -1.79. The molecule has 11 nitrogen and oxygen atoms in total. The van der Waals surface area contributed by atoms with Crippen LogP contribution in [0.4, 0.5) is 0 Å². The summed E-state index contributed by atoms with van der Waals surface area (Å²) in [7, 11) is 0. The van der Waals surface area contributed by atoms with Crippen LogP contribution in [0, 0.1) is 0 Å². The van der Waals surface area contributed by atoms with E-state index in [1.807, 2.05) is 0 Å². The highest BCUT2D eigenvalue weighted by atomic mass is 17.2. The number of rotatable bonds is 9. The maximum absolute atomic E-state index is 11.3. The molecule has 0 spiro atoms. The lowest BCUT2D eigenvalue weighted by atomic mass is 10.1. The van der Waals surface area contributed by atoms with Crippen molar-refractivity contribution >= 4 is 17.9 Å². The Bertz CT molecular complexity index is 339. The van der Waals surface area contributed by atoms with E-state index in [1.165, 1.54) is 0 Å². The third-order valence-electron chi connectivity index (χ3n) is 2.45. The minimum absolute atomic E-state index is 0. The number of unbranched alkanes of at least 4 members (excludes halogenated alkanes) is 1. The van der Waals surface area contributed by atoms with Crippen molar-refractivity contribution in [2.24, 2.45) is 17.2 Å². The van der Waals surface area contributed by atoms with Gasteiger partial charge >= 0.3 is 17.9 Å². The van der Waals surface area contributed by atoms with E-state index in [0.29, 0.717) is 19.4 Å². The number of carbonyl (C=O) groups excluding carboxylic acids is 2. The molecular weight excluding hydrogens is 302 g/mol. The second-order valence-electron chi connectivity index (χ2n) is 4.23. The molecule has 0 aliphatic heterocycles. The van der Waals surface area contributed by atoms with E-state index in [1.54, 1.807) is 0 Å².